The maximum atomic E-state index is 4.24. The molecule has 2 rings (SSSR count). The molecular formula is C13H17N3S. The van der Waals surface area contributed by atoms with Crippen LogP contribution in [0.1, 0.15) is 16.7 Å². The first-order valence-corrected chi connectivity index (χ1v) is 6.58. The van der Waals surface area contributed by atoms with Crippen LogP contribution in [0, 0.1) is 6.92 Å². The molecule has 0 aliphatic carbocycles. The molecule has 0 fully saturated rings. The summed E-state index contributed by atoms with van der Waals surface area (Å²) in [4.78, 5) is 6.94. The van der Waals surface area contributed by atoms with Crippen LogP contribution in [0.3, 0.4) is 0 Å². The quantitative estimate of drug-likeness (QED) is 0.849. The minimum atomic E-state index is 0.869. The Morgan fingerprint density at radius 2 is 2.12 bits per heavy atom. The maximum Gasteiger partial charge on any atom is 0.127 e. The van der Waals surface area contributed by atoms with Gasteiger partial charge >= 0.3 is 0 Å². The fourth-order valence-electron chi connectivity index (χ4n) is 1.59. The Labute approximate surface area is 106 Å². The van der Waals surface area contributed by atoms with Crippen LogP contribution in [-0.4, -0.2) is 11.5 Å². The highest BCUT2D eigenvalue weighted by molar-refractivity contribution is 7.11. The molecule has 90 valence electrons. The largest absolute Gasteiger partial charge is 0.380 e. The third-order valence-corrected chi connectivity index (χ3v) is 3.38. The summed E-state index contributed by atoms with van der Waals surface area (Å²) in [6.45, 7) is 5.95. The fraction of sp³-hybridized carbons (Fsp3) is 0.308. The highest BCUT2D eigenvalue weighted by Crippen LogP contribution is 2.18. The fourth-order valence-corrected chi connectivity index (χ4v) is 2.42. The van der Waals surface area contributed by atoms with Gasteiger partial charge in [0.1, 0.15) is 5.82 Å². The van der Waals surface area contributed by atoms with Crippen LogP contribution < -0.4 is 10.6 Å². The number of pyridine rings is 1. The van der Waals surface area contributed by atoms with Gasteiger partial charge in [-0.25, -0.2) is 4.98 Å². The highest BCUT2D eigenvalue weighted by Gasteiger charge is 1.98. The van der Waals surface area contributed by atoms with Crippen molar-refractivity contribution in [2.75, 3.05) is 17.2 Å². The molecule has 2 aromatic rings. The normalized spacial score (nSPS) is 10.2. The third kappa shape index (κ3) is 3.46. The monoisotopic (exact) mass is 247 g/mol. The van der Waals surface area contributed by atoms with Crippen LogP contribution in [-0.2, 0) is 6.54 Å². The molecular weight excluding hydrogens is 230 g/mol. The van der Waals surface area contributed by atoms with E-state index in [9.17, 15) is 0 Å². The zero-order valence-electron chi connectivity index (χ0n) is 10.2. The van der Waals surface area contributed by atoms with Crippen LogP contribution in [0.2, 0.25) is 0 Å². The summed E-state index contributed by atoms with van der Waals surface area (Å²) in [5.41, 5.74) is 1.10. The van der Waals surface area contributed by atoms with Crippen molar-refractivity contribution < 1.29 is 0 Å². The molecule has 0 atom stereocenters. The molecule has 0 spiro atoms. The molecule has 0 aromatic carbocycles. The van der Waals surface area contributed by atoms with Gasteiger partial charge in [0, 0.05) is 40.8 Å². The zero-order chi connectivity index (χ0) is 12.1. The molecule has 0 unspecified atom stereocenters. The highest BCUT2D eigenvalue weighted by atomic mass is 32.1. The van der Waals surface area contributed by atoms with E-state index in [-0.39, 0.29) is 0 Å². The number of nitrogens with one attached hydrogen (secondary N) is 2. The minimum Gasteiger partial charge on any atom is -0.380 e. The SMILES string of the molecule is CCNc1cc(NCc2ccc(C)s2)ccn1. The number of rotatable bonds is 5. The van der Waals surface area contributed by atoms with Crippen molar-refractivity contribution in [3.8, 4) is 0 Å². The summed E-state index contributed by atoms with van der Waals surface area (Å²) < 4.78 is 0. The molecule has 0 radical (unpaired) electrons. The summed E-state index contributed by atoms with van der Waals surface area (Å²) in [6, 6.07) is 8.34. The van der Waals surface area contributed by atoms with E-state index in [2.05, 4.69) is 41.6 Å². The average molecular weight is 247 g/mol. The van der Waals surface area contributed by atoms with E-state index in [1.54, 1.807) is 0 Å². The van der Waals surface area contributed by atoms with Crippen LogP contribution in [0.25, 0.3) is 0 Å². The average Bonchev–Trinajstić information content (AvgIpc) is 2.74. The molecule has 3 nitrogen and oxygen atoms in total. The molecule has 0 aliphatic heterocycles. The summed E-state index contributed by atoms with van der Waals surface area (Å²) in [5, 5.41) is 6.61. The molecule has 0 amide bonds. The number of hydrogen-bond donors (Lipinski definition) is 2. The minimum absolute atomic E-state index is 0.869. The first kappa shape index (κ1) is 11.9. The molecule has 2 aromatic heterocycles. The maximum absolute atomic E-state index is 4.24. The summed E-state index contributed by atoms with van der Waals surface area (Å²) >= 11 is 1.83. The molecule has 0 saturated carbocycles. The zero-order valence-corrected chi connectivity index (χ0v) is 11.0. The first-order valence-electron chi connectivity index (χ1n) is 5.77. The van der Waals surface area contributed by atoms with Crippen molar-refractivity contribution in [2.45, 2.75) is 20.4 Å². The van der Waals surface area contributed by atoms with E-state index in [4.69, 9.17) is 0 Å². The number of hydrogen-bond acceptors (Lipinski definition) is 4. The van der Waals surface area contributed by atoms with Crippen molar-refractivity contribution >= 4 is 22.8 Å². The van der Waals surface area contributed by atoms with E-state index < -0.39 is 0 Å². The van der Waals surface area contributed by atoms with E-state index in [1.807, 2.05) is 29.7 Å². The Bertz CT molecular complexity index is 479. The second-order valence-electron chi connectivity index (χ2n) is 3.83. The molecule has 0 saturated heterocycles. The van der Waals surface area contributed by atoms with Crippen LogP contribution in [0.15, 0.2) is 30.5 Å². The van der Waals surface area contributed by atoms with Gasteiger partial charge in [0.15, 0.2) is 0 Å². The van der Waals surface area contributed by atoms with E-state index >= 15 is 0 Å². The standard InChI is InChI=1S/C13H17N3S/c1-3-14-13-8-11(6-7-15-13)16-9-12-5-4-10(2)17-12/h4-8H,3,9H2,1-2H3,(H2,14,15,16). The molecule has 17 heavy (non-hydrogen) atoms. The van der Waals surface area contributed by atoms with Gasteiger partial charge in [0.2, 0.25) is 0 Å². The van der Waals surface area contributed by atoms with Crippen molar-refractivity contribution in [3.63, 3.8) is 0 Å². The van der Waals surface area contributed by atoms with Gasteiger partial charge in [-0.3, -0.25) is 0 Å². The molecule has 0 bridgehead atoms. The topological polar surface area (TPSA) is 37.0 Å². The van der Waals surface area contributed by atoms with Gasteiger partial charge < -0.3 is 10.6 Å². The summed E-state index contributed by atoms with van der Waals surface area (Å²) in [7, 11) is 0. The van der Waals surface area contributed by atoms with Crippen LogP contribution in [0.4, 0.5) is 11.5 Å². The lowest BCUT2D eigenvalue weighted by Gasteiger charge is -2.07. The van der Waals surface area contributed by atoms with Crippen molar-refractivity contribution in [1.29, 1.82) is 0 Å². The molecule has 4 heteroatoms. The Morgan fingerprint density at radius 1 is 1.24 bits per heavy atom. The first-order chi connectivity index (χ1) is 8.28. The van der Waals surface area contributed by atoms with Gasteiger partial charge in [-0.2, -0.15) is 0 Å². The third-order valence-electron chi connectivity index (χ3n) is 2.38. The smallest absolute Gasteiger partial charge is 0.127 e. The Kier molecular flexibility index (Phi) is 3.98. The Balaban J connectivity index is 1.96. The summed E-state index contributed by atoms with van der Waals surface area (Å²) in [6.07, 6.45) is 1.82. The molecule has 2 heterocycles. The predicted octanol–water partition coefficient (Wildman–Crippen LogP) is 3.50. The van der Waals surface area contributed by atoms with E-state index in [0.29, 0.717) is 0 Å². The number of nitrogens with zero attached hydrogens (tertiary/aromatic N) is 1. The number of aryl methyl sites for hydroxylation is 1. The number of aromatic nitrogens is 1. The van der Waals surface area contributed by atoms with Gasteiger partial charge in [-0.05, 0) is 32.0 Å². The lowest BCUT2D eigenvalue weighted by Crippen LogP contribution is -2.01. The van der Waals surface area contributed by atoms with Gasteiger partial charge in [0.25, 0.3) is 0 Å². The number of anilines is 2. The van der Waals surface area contributed by atoms with Crippen LogP contribution in [0.5, 0.6) is 0 Å². The predicted molar refractivity (Wildman–Crippen MR) is 74.8 cm³/mol. The van der Waals surface area contributed by atoms with Crippen molar-refractivity contribution in [3.05, 3.63) is 40.2 Å². The second kappa shape index (κ2) is 5.68. The summed E-state index contributed by atoms with van der Waals surface area (Å²) in [5.74, 6) is 0.917. The second-order valence-corrected chi connectivity index (χ2v) is 5.20. The molecule has 2 N–H and O–H groups in total. The Hall–Kier alpha value is -1.55. The van der Waals surface area contributed by atoms with Gasteiger partial charge in [-0.1, -0.05) is 0 Å². The van der Waals surface area contributed by atoms with E-state index in [1.165, 1.54) is 9.75 Å². The Morgan fingerprint density at radius 3 is 2.82 bits per heavy atom. The lowest BCUT2D eigenvalue weighted by molar-refractivity contribution is 1.14. The van der Waals surface area contributed by atoms with Crippen molar-refractivity contribution in [1.82, 2.24) is 4.98 Å². The lowest BCUT2D eigenvalue weighted by atomic mass is 10.3. The molecule has 0 aliphatic rings. The van der Waals surface area contributed by atoms with Gasteiger partial charge in [0.05, 0.1) is 0 Å². The number of thiophene rings is 1. The van der Waals surface area contributed by atoms with Gasteiger partial charge in [-0.15, -0.1) is 11.3 Å². The van der Waals surface area contributed by atoms with E-state index in [0.717, 1.165) is 24.6 Å². The van der Waals surface area contributed by atoms with Crippen LogP contribution >= 0.6 is 11.3 Å². The van der Waals surface area contributed by atoms with Crippen molar-refractivity contribution in [2.24, 2.45) is 0 Å².